The summed E-state index contributed by atoms with van der Waals surface area (Å²) in [5.74, 6) is 4.32. The van der Waals surface area contributed by atoms with Crippen LogP contribution in [0.1, 0.15) is 11.1 Å². The van der Waals surface area contributed by atoms with Crippen LogP contribution < -0.4 is 11.3 Å². The molecule has 72 valence electrons. The lowest BCUT2D eigenvalue weighted by atomic mass is 10.2. The molecule has 0 aromatic heterocycles. The third-order valence-corrected chi connectivity index (χ3v) is 1.30. The first-order valence-electron chi connectivity index (χ1n) is 3.79. The molecule has 0 spiro atoms. The first kappa shape index (κ1) is 11.4. The van der Waals surface area contributed by atoms with Crippen LogP contribution in [0.15, 0.2) is 24.3 Å². The number of nitrogens with two attached hydrogens (primary N) is 1. The average Bonchev–Trinajstić information content (AvgIpc) is 2.05. The molecule has 0 aliphatic heterocycles. The van der Waals surface area contributed by atoms with E-state index in [1.807, 2.05) is 0 Å². The van der Waals surface area contributed by atoms with Crippen molar-refractivity contribution in [1.82, 2.24) is 5.43 Å². The molecule has 0 aliphatic rings. The molecule has 0 fully saturated rings. The van der Waals surface area contributed by atoms with Gasteiger partial charge in [-0.2, -0.15) is 0 Å². The Balaban J connectivity index is 0.000000252. The van der Waals surface area contributed by atoms with E-state index in [1.165, 1.54) is 16.6 Å². The largest absolute Gasteiger partial charge is 0.464 e. The molecule has 1 rings (SSSR count). The van der Waals surface area contributed by atoms with E-state index < -0.39 is 6.09 Å². The molecule has 0 heterocycles. The Labute approximate surface area is 77.3 Å². The van der Waals surface area contributed by atoms with Crippen molar-refractivity contribution in [3.63, 3.8) is 0 Å². The van der Waals surface area contributed by atoms with E-state index in [0.29, 0.717) is 0 Å². The van der Waals surface area contributed by atoms with Gasteiger partial charge in [-0.25, -0.2) is 10.6 Å². The number of carboxylic acid groups (broad SMARTS) is 1. The fraction of sp³-hybridized carbons (Fsp3) is 0.222. The van der Waals surface area contributed by atoms with Gasteiger partial charge < -0.3 is 5.11 Å². The molecule has 0 bridgehead atoms. The van der Waals surface area contributed by atoms with Gasteiger partial charge in [0.1, 0.15) is 0 Å². The lowest BCUT2D eigenvalue weighted by Gasteiger charge is -1.90. The molecule has 4 nitrogen and oxygen atoms in total. The lowest BCUT2D eigenvalue weighted by molar-refractivity contribution is 0.194. The van der Waals surface area contributed by atoms with Crippen molar-refractivity contribution in [1.29, 1.82) is 0 Å². The Morgan fingerprint density at radius 3 is 1.92 bits per heavy atom. The van der Waals surface area contributed by atoms with Crippen LogP contribution in [0.2, 0.25) is 0 Å². The second-order valence-corrected chi connectivity index (χ2v) is 2.61. The topological polar surface area (TPSA) is 75.3 Å². The van der Waals surface area contributed by atoms with Crippen molar-refractivity contribution in [2.75, 3.05) is 0 Å². The minimum Gasteiger partial charge on any atom is -0.464 e. The van der Waals surface area contributed by atoms with E-state index in [4.69, 9.17) is 9.90 Å². The predicted molar refractivity (Wildman–Crippen MR) is 51.3 cm³/mol. The molecule has 1 amide bonds. The van der Waals surface area contributed by atoms with Gasteiger partial charge in [0, 0.05) is 0 Å². The Kier molecular flexibility index (Phi) is 5.30. The molecule has 1 aromatic rings. The van der Waals surface area contributed by atoms with Gasteiger partial charge in [0.25, 0.3) is 0 Å². The summed E-state index contributed by atoms with van der Waals surface area (Å²) in [6, 6.07) is 8.45. The van der Waals surface area contributed by atoms with Crippen LogP contribution in [0, 0.1) is 13.8 Å². The SMILES string of the molecule is Cc1cccc(C)c1.NNC(=O)O. The monoisotopic (exact) mass is 182 g/mol. The van der Waals surface area contributed by atoms with Gasteiger partial charge in [0.15, 0.2) is 0 Å². The van der Waals surface area contributed by atoms with E-state index >= 15 is 0 Å². The Morgan fingerprint density at radius 2 is 1.77 bits per heavy atom. The van der Waals surface area contributed by atoms with Crippen molar-refractivity contribution >= 4 is 6.09 Å². The summed E-state index contributed by atoms with van der Waals surface area (Å²) in [6.07, 6.45) is -1.22. The number of aryl methyl sites for hydroxylation is 2. The van der Waals surface area contributed by atoms with Crippen molar-refractivity contribution < 1.29 is 9.90 Å². The Bertz CT molecular complexity index is 257. The van der Waals surface area contributed by atoms with E-state index in [2.05, 4.69) is 44.0 Å². The summed E-state index contributed by atoms with van der Waals surface area (Å²) < 4.78 is 0. The number of rotatable bonds is 0. The third kappa shape index (κ3) is 6.83. The highest BCUT2D eigenvalue weighted by Gasteiger charge is 1.80. The lowest BCUT2D eigenvalue weighted by Crippen LogP contribution is -2.27. The first-order chi connectivity index (χ1) is 6.06. The molecular formula is C9H14N2O2. The smallest absolute Gasteiger partial charge is 0.418 e. The van der Waals surface area contributed by atoms with Crippen molar-refractivity contribution in [3.8, 4) is 0 Å². The van der Waals surface area contributed by atoms with Crippen molar-refractivity contribution in [3.05, 3.63) is 35.4 Å². The standard InChI is InChI=1S/C8H10.CH4N2O2/c1-7-4-3-5-8(2)6-7;2-3-1(4)5/h3-6H,1-2H3;3H,2H2,(H,4,5). The van der Waals surface area contributed by atoms with Gasteiger partial charge in [-0.05, 0) is 13.8 Å². The normalized spacial score (nSPS) is 8.23. The molecular weight excluding hydrogens is 168 g/mol. The number of hydrogen-bond donors (Lipinski definition) is 3. The molecule has 4 heteroatoms. The fourth-order valence-corrected chi connectivity index (χ4v) is 0.807. The van der Waals surface area contributed by atoms with Crippen LogP contribution in [0.25, 0.3) is 0 Å². The van der Waals surface area contributed by atoms with Gasteiger partial charge in [-0.1, -0.05) is 35.4 Å². The summed E-state index contributed by atoms with van der Waals surface area (Å²) in [7, 11) is 0. The number of amides is 1. The van der Waals surface area contributed by atoms with Crippen molar-refractivity contribution in [2.45, 2.75) is 13.8 Å². The molecule has 0 aliphatic carbocycles. The number of hydrazine groups is 1. The first-order valence-corrected chi connectivity index (χ1v) is 3.79. The number of benzene rings is 1. The highest BCUT2D eigenvalue weighted by atomic mass is 16.4. The zero-order valence-electron chi connectivity index (χ0n) is 7.74. The van der Waals surface area contributed by atoms with E-state index in [1.54, 1.807) is 0 Å². The molecule has 4 N–H and O–H groups in total. The van der Waals surface area contributed by atoms with E-state index in [9.17, 15) is 0 Å². The Hall–Kier alpha value is -1.55. The predicted octanol–water partition coefficient (Wildman–Crippen LogP) is 1.43. The summed E-state index contributed by atoms with van der Waals surface area (Å²) in [6.45, 7) is 4.21. The number of carbonyl (C=O) groups is 1. The zero-order valence-corrected chi connectivity index (χ0v) is 7.74. The average molecular weight is 182 g/mol. The maximum absolute atomic E-state index is 9.13. The Morgan fingerprint density at radius 1 is 1.38 bits per heavy atom. The van der Waals surface area contributed by atoms with Gasteiger partial charge in [0.2, 0.25) is 0 Å². The molecule has 0 saturated carbocycles. The molecule has 0 unspecified atom stereocenters. The maximum atomic E-state index is 9.13. The van der Waals surface area contributed by atoms with Crippen molar-refractivity contribution in [2.24, 2.45) is 5.84 Å². The molecule has 0 saturated heterocycles. The van der Waals surface area contributed by atoms with Gasteiger partial charge >= 0.3 is 6.09 Å². The molecule has 13 heavy (non-hydrogen) atoms. The minimum atomic E-state index is -1.22. The highest BCUT2D eigenvalue weighted by Crippen LogP contribution is 2.00. The summed E-state index contributed by atoms with van der Waals surface area (Å²) in [4.78, 5) is 9.13. The highest BCUT2D eigenvalue weighted by molar-refractivity contribution is 5.63. The quantitative estimate of drug-likeness (QED) is 0.323. The molecule has 0 radical (unpaired) electrons. The van der Waals surface area contributed by atoms with E-state index in [-0.39, 0.29) is 0 Å². The number of nitrogens with one attached hydrogen (secondary N) is 1. The second-order valence-electron chi connectivity index (χ2n) is 2.61. The summed E-state index contributed by atoms with van der Waals surface area (Å²) in [5.41, 5.74) is 4.12. The zero-order chi connectivity index (χ0) is 10.3. The van der Waals surface area contributed by atoms with Crippen LogP contribution in [0.3, 0.4) is 0 Å². The maximum Gasteiger partial charge on any atom is 0.418 e. The number of hydrogen-bond acceptors (Lipinski definition) is 2. The van der Waals surface area contributed by atoms with Gasteiger partial charge in [-0.3, -0.25) is 5.43 Å². The third-order valence-electron chi connectivity index (χ3n) is 1.30. The van der Waals surface area contributed by atoms with Gasteiger partial charge in [0.05, 0.1) is 0 Å². The van der Waals surface area contributed by atoms with Gasteiger partial charge in [-0.15, -0.1) is 0 Å². The minimum absolute atomic E-state index is 1.22. The van der Waals surface area contributed by atoms with E-state index in [0.717, 1.165) is 0 Å². The van der Waals surface area contributed by atoms with Crippen LogP contribution in [0.5, 0.6) is 0 Å². The summed E-state index contributed by atoms with van der Waals surface area (Å²) in [5, 5.41) is 7.49. The van der Waals surface area contributed by atoms with Crippen LogP contribution in [-0.4, -0.2) is 11.2 Å². The molecule has 0 atom stereocenters. The van der Waals surface area contributed by atoms with Crippen LogP contribution >= 0.6 is 0 Å². The van der Waals surface area contributed by atoms with Crippen LogP contribution in [0.4, 0.5) is 4.79 Å². The summed E-state index contributed by atoms with van der Waals surface area (Å²) >= 11 is 0. The second kappa shape index (κ2) is 6.02. The van der Waals surface area contributed by atoms with Crippen LogP contribution in [-0.2, 0) is 0 Å². The fourth-order valence-electron chi connectivity index (χ4n) is 0.807. The molecule has 1 aromatic carbocycles.